The molecule has 3 aromatic rings. The summed E-state index contributed by atoms with van der Waals surface area (Å²) in [6.45, 7) is 3.81. The molecule has 0 atom stereocenters. The number of rotatable bonds is 5. The number of phenols is 1. The Morgan fingerprint density at radius 1 is 1.16 bits per heavy atom. The average Bonchev–Trinajstić information content (AvgIpc) is 2.97. The molecule has 0 aliphatic rings. The summed E-state index contributed by atoms with van der Waals surface area (Å²) in [5, 5.41) is 13.3. The molecule has 3 N–H and O–H groups in total. The van der Waals surface area contributed by atoms with Gasteiger partial charge in [0.1, 0.15) is 17.3 Å². The number of amides is 1. The Morgan fingerprint density at radius 2 is 1.88 bits per heavy atom. The standard InChI is InChI=1S/C20H22N2O3/c1-20(2,12-13-4-6-15(23)7-5-13)19(24)22-18-11-14-10-16(25-3)8-9-17(14)21-18/h4-11,21,23H,12H2,1-3H3,(H,22,24). The van der Waals surface area contributed by atoms with E-state index < -0.39 is 5.41 Å². The minimum Gasteiger partial charge on any atom is -0.508 e. The normalized spacial score (nSPS) is 11.5. The summed E-state index contributed by atoms with van der Waals surface area (Å²) in [6, 6.07) is 14.5. The number of hydrogen-bond acceptors (Lipinski definition) is 3. The molecule has 1 aromatic heterocycles. The van der Waals surface area contributed by atoms with Gasteiger partial charge in [-0.25, -0.2) is 0 Å². The van der Waals surface area contributed by atoms with Crippen LogP contribution >= 0.6 is 0 Å². The Morgan fingerprint density at radius 3 is 2.56 bits per heavy atom. The van der Waals surface area contributed by atoms with E-state index in [0.29, 0.717) is 12.2 Å². The molecule has 0 radical (unpaired) electrons. The van der Waals surface area contributed by atoms with E-state index in [-0.39, 0.29) is 11.7 Å². The summed E-state index contributed by atoms with van der Waals surface area (Å²) >= 11 is 0. The number of carbonyl (C=O) groups is 1. The van der Waals surface area contributed by atoms with Crippen LogP contribution in [0.1, 0.15) is 19.4 Å². The van der Waals surface area contributed by atoms with E-state index in [1.165, 1.54) is 0 Å². The summed E-state index contributed by atoms with van der Waals surface area (Å²) in [6.07, 6.45) is 0.577. The number of H-pyrrole nitrogens is 1. The first-order valence-electron chi connectivity index (χ1n) is 8.13. The van der Waals surface area contributed by atoms with Crippen molar-refractivity contribution in [2.75, 3.05) is 12.4 Å². The van der Waals surface area contributed by atoms with Crippen molar-refractivity contribution in [3.63, 3.8) is 0 Å². The van der Waals surface area contributed by atoms with E-state index in [1.807, 2.05) is 50.2 Å². The second kappa shape index (κ2) is 6.51. The molecule has 0 unspecified atom stereocenters. The maximum atomic E-state index is 12.7. The molecule has 2 aromatic carbocycles. The molecule has 130 valence electrons. The van der Waals surface area contributed by atoms with Crippen molar-refractivity contribution in [2.45, 2.75) is 20.3 Å². The third kappa shape index (κ3) is 3.76. The van der Waals surface area contributed by atoms with Crippen molar-refractivity contribution in [3.05, 3.63) is 54.1 Å². The Kier molecular flexibility index (Phi) is 4.40. The molecule has 1 heterocycles. The predicted molar refractivity (Wildman–Crippen MR) is 99.1 cm³/mol. The minimum absolute atomic E-state index is 0.0703. The SMILES string of the molecule is COc1ccc2[nH]c(NC(=O)C(C)(C)Cc3ccc(O)cc3)cc2c1. The number of methoxy groups -OCH3 is 1. The lowest BCUT2D eigenvalue weighted by atomic mass is 9.85. The molecule has 1 amide bonds. The molecule has 3 rings (SSSR count). The van der Waals surface area contributed by atoms with Gasteiger partial charge in [-0.2, -0.15) is 0 Å². The molecule has 0 fully saturated rings. The first-order chi connectivity index (χ1) is 11.9. The van der Waals surface area contributed by atoms with Crippen LogP contribution < -0.4 is 10.1 Å². The van der Waals surface area contributed by atoms with Crippen LogP contribution in [-0.2, 0) is 11.2 Å². The topological polar surface area (TPSA) is 74.3 Å². The second-order valence-electron chi connectivity index (χ2n) is 6.82. The maximum absolute atomic E-state index is 12.7. The highest BCUT2D eigenvalue weighted by Crippen LogP contribution is 2.27. The van der Waals surface area contributed by atoms with Gasteiger partial charge in [-0.3, -0.25) is 4.79 Å². The number of aromatic nitrogens is 1. The van der Waals surface area contributed by atoms with Crippen LogP contribution in [0, 0.1) is 5.41 Å². The van der Waals surface area contributed by atoms with Crippen LogP contribution in [-0.4, -0.2) is 23.1 Å². The molecule has 0 saturated carbocycles. The maximum Gasteiger partial charge on any atom is 0.231 e. The summed E-state index contributed by atoms with van der Waals surface area (Å²) in [4.78, 5) is 15.9. The van der Waals surface area contributed by atoms with E-state index >= 15 is 0 Å². The van der Waals surface area contributed by atoms with Crippen molar-refractivity contribution in [1.29, 1.82) is 0 Å². The van der Waals surface area contributed by atoms with Gasteiger partial charge < -0.3 is 20.1 Å². The van der Waals surface area contributed by atoms with E-state index in [4.69, 9.17) is 4.74 Å². The third-order valence-electron chi connectivity index (χ3n) is 4.27. The molecular weight excluding hydrogens is 316 g/mol. The van der Waals surface area contributed by atoms with Crippen LogP contribution in [0.5, 0.6) is 11.5 Å². The lowest BCUT2D eigenvalue weighted by Crippen LogP contribution is -2.32. The van der Waals surface area contributed by atoms with Crippen LogP contribution in [0.3, 0.4) is 0 Å². The van der Waals surface area contributed by atoms with Gasteiger partial charge in [-0.15, -0.1) is 0 Å². The van der Waals surface area contributed by atoms with Crippen molar-refractivity contribution in [2.24, 2.45) is 5.41 Å². The fourth-order valence-corrected chi connectivity index (χ4v) is 2.80. The molecule has 0 bridgehead atoms. The number of aromatic hydroxyl groups is 1. The monoisotopic (exact) mass is 338 g/mol. The highest BCUT2D eigenvalue weighted by Gasteiger charge is 2.28. The van der Waals surface area contributed by atoms with Crippen molar-refractivity contribution in [3.8, 4) is 11.5 Å². The molecule has 0 spiro atoms. The van der Waals surface area contributed by atoms with Gasteiger partial charge in [0, 0.05) is 16.3 Å². The fraction of sp³-hybridized carbons (Fsp3) is 0.250. The second-order valence-corrected chi connectivity index (χ2v) is 6.82. The van der Waals surface area contributed by atoms with Crippen molar-refractivity contribution >= 4 is 22.6 Å². The lowest BCUT2D eigenvalue weighted by molar-refractivity contribution is -0.123. The van der Waals surface area contributed by atoms with Gasteiger partial charge in [0.15, 0.2) is 0 Å². The minimum atomic E-state index is -0.591. The van der Waals surface area contributed by atoms with Gasteiger partial charge in [0.2, 0.25) is 5.91 Å². The Labute approximate surface area is 146 Å². The molecule has 5 nitrogen and oxygen atoms in total. The van der Waals surface area contributed by atoms with Crippen LogP contribution in [0.4, 0.5) is 5.82 Å². The van der Waals surface area contributed by atoms with Gasteiger partial charge in [0.25, 0.3) is 0 Å². The van der Waals surface area contributed by atoms with E-state index in [2.05, 4.69) is 10.3 Å². The molecule has 25 heavy (non-hydrogen) atoms. The third-order valence-corrected chi connectivity index (χ3v) is 4.27. The van der Waals surface area contributed by atoms with Crippen LogP contribution in [0.15, 0.2) is 48.5 Å². The number of hydrogen-bond donors (Lipinski definition) is 3. The van der Waals surface area contributed by atoms with Gasteiger partial charge >= 0.3 is 0 Å². The Hall–Kier alpha value is -2.95. The van der Waals surface area contributed by atoms with E-state index in [9.17, 15) is 9.90 Å². The Balaban J connectivity index is 1.74. The quantitative estimate of drug-likeness (QED) is 0.656. The number of nitrogens with one attached hydrogen (secondary N) is 2. The van der Waals surface area contributed by atoms with Crippen molar-refractivity contribution in [1.82, 2.24) is 4.98 Å². The highest BCUT2D eigenvalue weighted by atomic mass is 16.5. The average molecular weight is 338 g/mol. The van der Waals surface area contributed by atoms with Gasteiger partial charge in [-0.1, -0.05) is 26.0 Å². The number of fused-ring (bicyclic) bond motifs is 1. The zero-order valence-corrected chi connectivity index (χ0v) is 14.6. The summed E-state index contributed by atoms with van der Waals surface area (Å²) in [5.74, 6) is 1.59. The molecule has 5 heteroatoms. The van der Waals surface area contributed by atoms with Gasteiger partial charge in [-0.05, 0) is 48.4 Å². The van der Waals surface area contributed by atoms with Crippen LogP contribution in [0.2, 0.25) is 0 Å². The molecule has 0 aliphatic carbocycles. The summed E-state index contributed by atoms with van der Waals surface area (Å²) in [7, 11) is 1.63. The van der Waals surface area contributed by atoms with Crippen molar-refractivity contribution < 1.29 is 14.6 Å². The molecule has 0 aliphatic heterocycles. The number of anilines is 1. The van der Waals surface area contributed by atoms with Crippen LogP contribution in [0.25, 0.3) is 10.9 Å². The number of carbonyl (C=O) groups excluding carboxylic acids is 1. The zero-order chi connectivity index (χ0) is 18.0. The fourth-order valence-electron chi connectivity index (χ4n) is 2.80. The smallest absolute Gasteiger partial charge is 0.231 e. The number of ether oxygens (including phenoxy) is 1. The van der Waals surface area contributed by atoms with E-state index in [1.54, 1.807) is 19.2 Å². The predicted octanol–water partition coefficient (Wildman–Crippen LogP) is 4.09. The zero-order valence-electron chi connectivity index (χ0n) is 14.6. The lowest BCUT2D eigenvalue weighted by Gasteiger charge is -2.23. The number of phenolic OH excluding ortho intramolecular Hbond substituents is 1. The Bertz CT molecular complexity index is 895. The number of aromatic amines is 1. The summed E-state index contributed by atoms with van der Waals surface area (Å²) in [5.41, 5.74) is 1.35. The highest BCUT2D eigenvalue weighted by molar-refractivity contribution is 5.97. The first kappa shape index (κ1) is 16.9. The number of benzene rings is 2. The van der Waals surface area contributed by atoms with Gasteiger partial charge in [0.05, 0.1) is 7.11 Å². The summed E-state index contributed by atoms with van der Waals surface area (Å²) < 4.78 is 5.22. The first-order valence-corrected chi connectivity index (χ1v) is 8.13. The molecule has 0 saturated heterocycles. The largest absolute Gasteiger partial charge is 0.508 e. The molecular formula is C20H22N2O3. The van der Waals surface area contributed by atoms with E-state index in [0.717, 1.165) is 22.2 Å².